The first-order valence-corrected chi connectivity index (χ1v) is 6.42. The number of nitrogens with zero attached hydrogens (tertiary/aromatic N) is 1. The molecule has 0 bridgehead atoms. The number of hydrogen-bond donors (Lipinski definition) is 2. The average Bonchev–Trinajstić information content (AvgIpc) is 2.27. The van der Waals surface area contributed by atoms with Crippen molar-refractivity contribution in [2.45, 2.75) is 32.9 Å². The highest BCUT2D eigenvalue weighted by Gasteiger charge is 2.23. The fourth-order valence-electron chi connectivity index (χ4n) is 1.71. The molecule has 1 heterocycles. The minimum absolute atomic E-state index is 0.449. The van der Waals surface area contributed by atoms with E-state index in [0.717, 1.165) is 11.3 Å². The summed E-state index contributed by atoms with van der Waals surface area (Å²) in [7, 11) is 0. The summed E-state index contributed by atoms with van der Waals surface area (Å²) in [6.07, 6.45) is -0.518. The van der Waals surface area contributed by atoms with Crippen molar-refractivity contribution >= 4 is 29.1 Å². The van der Waals surface area contributed by atoms with Gasteiger partial charge in [-0.1, -0.05) is 18.2 Å². The second-order valence-electron chi connectivity index (χ2n) is 5.29. The second-order valence-corrected chi connectivity index (χ2v) is 5.67. The van der Waals surface area contributed by atoms with Crippen molar-refractivity contribution in [3.8, 4) is 0 Å². The SMILES string of the molecule is CC(C)(C)OC(=O)NN1Cc2ccccc2NC1=S. The Labute approximate surface area is 117 Å². The zero-order valence-corrected chi connectivity index (χ0v) is 12.0. The molecule has 1 aliphatic rings. The van der Waals surface area contributed by atoms with Gasteiger partial charge in [0.25, 0.3) is 0 Å². The Balaban J connectivity index is 2.03. The first kappa shape index (κ1) is 13.6. The van der Waals surface area contributed by atoms with E-state index in [9.17, 15) is 4.79 Å². The lowest BCUT2D eigenvalue weighted by Crippen LogP contribution is -2.51. The number of anilines is 1. The molecular formula is C13H17N3O2S. The molecule has 1 aliphatic heterocycles. The second kappa shape index (κ2) is 5.05. The van der Waals surface area contributed by atoms with Crippen LogP contribution in [0, 0.1) is 0 Å². The molecule has 0 atom stereocenters. The Morgan fingerprint density at radius 3 is 2.79 bits per heavy atom. The molecule has 0 saturated heterocycles. The molecule has 0 fully saturated rings. The third kappa shape index (κ3) is 3.57. The number of fused-ring (bicyclic) bond motifs is 1. The van der Waals surface area contributed by atoms with E-state index in [4.69, 9.17) is 17.0 Å². The van der Waals surface area contributed by atoms with E-state index < -0.39 is 11.7 Å². The minimum Gasteiger partial charge on any atom is -0.443 e. The van der Waals surface area contributed by atoms with Crippen LogP contribution in [-0.4, -0.2) is 21.8 Å². The minimum atomic E-state index is -0.535. The molecule has 0 aromatic heterocycles. The van der Waals surface area contributed by atoms with Gasteiger partial charge in [0.05, 0.1) is 6.54 Å². The zero-order chi connectivity index (χ0) is 14.0. The van der Waals surface area contributed by atoms with Crippen LogP contribution in [0.3, 0.4) is 0 Å². The van der Waals surface area contributed by atoms with Gasteiger partial charge < -0.3 is 10.1 Å². The smallest absolute Gasteiger partial charge is 0.426 e. The first-order valence-electron chi connectivity index (χ1n) is 6.01. The summed E-state index contributed by atoms with van der Waals surface area (Å²) >= 11 is 5.21. The van der Waals surface area contributed by atoms with Gasteiger partial charge in [0, 0.05) is 5.69 Å². The zero-order valence-electron chi connectivity index (χ0n) is 11.2. The van der Waals surface area contributed by atoms with Crippen LogP contribution < -0.4 is 10.7 Å². The number of hydrogen-bond acceptors (Lipinski definition) is 3. The van der Waals surface area contributed by atoms with Crippen LogP contribution >= 0.6 is 12.2 Å². The number of amides is 1. The van der Waals surface area contributed by atoms with Gasteiger partial charge in [-0.15, -0.1) is 0 Å². The van der Waals surface area contributed by atoms with Crippen molar-refractivity contribution in [3.63, 3.8) is 0 Å². The lowest BCUT2D eigenvalue weighted by molar-refractivity contribution is 0.0411. The summed E-state index contributed by atoms with van der Waals surface area (Å²) in [4.78, 5) is 11.7. The van der Waals surface area contributed by atoms with Gasteiger partial charge in [0.1, 0.15) is 5.60 Å². The van der Waals surface area contributed by atoms with Crippen LogP contribution in [0.15, 0.2) is 24.3 Å². The number of rotatable bonds is 1. The summed E-state index contributed by atoms with van der Waals surface area (Å²) in [6.45, 7) is 5.96. The lowest BCUT2D eigenvalue weighted by atomic mass is 10.1. The molecular weight excluding hydrogens is 262 g/mol. The van der Waals surface area contributed by atoms with Gasteiger partial charge in [-0.2, -0.15) is 0 Å². The van der Waals surface area contributed by atoms with Crippen molar-refractivity contribution in [3.05, 3.63) is 29.8 Å². The molecule has 0 spiro atoms. The molecule has 1 aromatic carbocycles. The largest absolute Gasteiger partial charge is 0.443 e. The highest BCUT2D eigenvalue weighted by atomic mass is 32.1. The summed E-state index contributed by atoms with van der Waals surface area (Å²) in [5.74, 6) is 0. The molecule has 6 heteroatoms. The van der Waals surface area contributed by atoms with Crippen LogP contribution in [0.1, 0.15) is 26.3 Å². The predicted molar refractivity (Wildman–Crippen MR) is 77.6 cm³/mol. The molecule has 102 valence electrons. The molecule has 0 aliphatic carbocycles. The fraction of sp³-hybridized carbons (Fsp3) is 0.385. The Kier molecular flexibility index (Phi) is 3.61. The maximum absolute atomic E-state index is 11.7. The normalized spacial score (nSPS) is 14.5. The molecule has 0 radical (unpaired) electrons. The lowest BCUT2D eigenvalue weighted by Gasteiger charge is -2.32. The molecule has 1 amide bonds. The van der Waals surface area contributed by atoms with Gasteiger partial charge in [-0.05, 0) is 44.6 Å². The maximum atomic E-state index is 11.7. The molecule has 1 aromatic rings. The molecule has 0 saturated carbocycles. The first-order chi connectivity index (χ1) is 8.85. The third-order valence-electron chi connectivity index (χ3n) is 2.46. The van der Waals surface area contributed by atoms with Crippen LogP contribution in [0.2, 0.25) is 0 Å². The van der Waals surface area contributed by atoms with Crippen molar-refractivity contribution in [2.75, 3.05) is 5.32 Å². The average molecular weight is 279 g/mol. The van der Waals surface area contributed by atoms with Crippen molar-refractivity contribution in [1.82, 2.24) is 10.4 Å². The van der Waals surface area contributed by atoms with Crippen LogP contribution in [-0.2, 0) is 11.3 Å². The Hall–Kier alpha value is -1.82. The Morgan fingerprint density at radius 1 is 1.42 bits per heavy atom. The summed E-state index contributed by atoms with van der Waals surface area (Å²) in [6, 6.07) is 7.81. The van der Waals surface area contributed by atoms with Gasteiger partial charge in [-0.3, -0.25) is 5.01 Å². The summed E-state index contributed by atoms with van der Waals surface area (Å²) in [5.41, 5.74) is 4.13. The topological polar surface area (TPSA) is 53.6 Å². The van der Waals surface area contributed by atoms with E-state index in [1.54, 1.807) is 5.01 Å². The Bertz CT molecular complexity index is 511. The third-order valence-corrected chi connectivity index (χ3v) is 2.78. The predicted octanol–water partition coefficient (Wildman–Crippen LogP) is 2.64. The van der Waals surface area contributed by atoms with Gasteiger partial charge in [0.15, 0.2) is 5.11 Å². The monoisotopic (exact) mass is 279 g/mol. The number of ether oxygens (including phenoxy) is 1. The Morgan fingerprint density at radius 2 is 2.11 bits per heavy atom. The van der Waals surface area contributed by atoms with E-state index in [1.165, 1.54) is 0 Å². The molecule has 19 heavy (non-hydrogen) atoms. The number of carbonyl (C=O) groups excluding carboxylic acids is 1. The highest BCUT2D eigenvalue weighted by Crippen LogP contribution is 2.21. The van der Waals surface area contributed by atoms with Crippen molar-refractivity contribution in [1.29, 1.82) is 0 Å². The number of thiocarbonyl (C=S) groups is 1. The number of hydrazine groups is 1. The summed E-state index contributed by atoms with van der Waals surface area (Å²) < 4.78 is 5.20. The fourth-order valence-corrected chi connectivity index (χ4v) is 1.93. The van der Waals surface area contributed by atoms with Gasteiger partial charge in [-0.25, -0.2) is 10.2 Å². The van der Waals surface area contributed by atoms with E-state index in [2.05, 4.69) is 10.7 Å². The van der Waals surface area contributed by atoms with Crippen molar-refractivity contribution < 1.29 is 9.53 Å². The number of para-hydroxylation sites is 1. The van der Waals surface area contributed by atoms with Crippen LogP contribution in [0.4, 0.5) is 10.5 Å². The highest BCUT2D eigenvalue weighted by molar-refractivity contribution is 7.80. The van der Waals surface area contributed by atoms with Gasteiger partial charge in [0.2, 0.25) is 0 Å². The molecule has 2 N–H and O–H groups in total. The maximum Gasteiger partial charge on any atom is 0.426 e. The van der Waals surface area contributed by atoms with Gasteiger partial charge >= 0.3 is 6.09 Å². The molecule has 0 unspecified atom stereocenters. The van der Waals surface area contributed by atoms with Crippen LogP contribution in [0.5, 0.6) is 0 Å². The standard InChI is InChI=1S/C13H17N3O2S/c1-13(2,3)18-12(17)15-16-8-9-6-4-5-7-10(9)14-11(16)19/h4-7H,8H2,1-3H3,(H,14,19)(H,15,17). The van der Waals surface area contributed by atoms with E-state index >= 15 is 0 Å². The summed E-state index contributed by atoms with van der Waals surface area (Å²) in [5, 5.41) is 5.08. The van der Waals surface area contributed by atoms with E-state index in [0.29, 0.717) is 11.7 Å². The number of nitrogens with one attached hydrogen (secondary N) is 2. The molecule has 5 nitrogen and oxygen atoms in total. The quantitative estimate of drug-likeness (QED) is 0.774. The van der Waals surface area contributed by atoms with Crippen LogP contribution in [0.25, 0.3) is 0 Å². The number of carbonyl (C=O) groups is 1. The van der Waals surface area contributed by atoms with E-state index in [-0.39, 0.29) is 0 Å². The van der Waals surface area contributed by atoms with Crippen molar-refractivity contribution in [2.24, 2.45) is 0 Å². The molecule has 2 rings (SSSR count). The number of benzene rings is 1. The van der Waals surface area contributed by atoms with E-state index in [1.807, 2.05) is 45.0 Å².